The summed E-state index contributed by atoms with van der Waals surface area (Å²) in [6, 6.07) is 8.84. The van der Waals surface area contributed by atoms with E-state index in [9.17, 15) is 4.79 Å². The van der Waals surface area contributed by atoms with E-state index in [0.29, 0.717) is 6.42 Å². The Kier molecular flexibility index (Phi) is 6.04. The first-order valence-electron chi connectivity index (χ1n) is 5.60. The van der Waals surface area contributed by atoms with Crippen molar-refractivity contribution >= 4 is 12.1 Å². The molecule has 0 aliphatic heterocycles. The molecule has 0 fully saturated rings. The van der Waals surface area contributed by atoms with Gasteiger partial charge < -0.3 is 15.2 Å². The number of benzene rings is 1. The van der Waals surface area contributed by atoms with Crippen molar-refractivity contribution in [2.45, 2.75) is 18.8 Å². The highest BCUT2D eigenvalue weighted by molar-refractivity contribution is 5.85. The lowest BCUT2D eigenvalue weighted by Gasteiger charge is -2.16. The molecule has 0 saturated carbocycles. The van der Waals surface area contributed by atoms with Gasteiger partial charge in [0.2, 0.25) is 5.91 Å². The van der Waals surface area contributed by atoms with Crippen LogP contribution in [-0.2, 0) is 14.3 Å². The average molecular weight is 250 g/mol. The fourth-order valence-corrected chi connectivity index (χ4v) is 1.44. The van der Waals surface area contributed by atoms with Crippen LogP contribution in [0.15, 0.2) is 35.3 Å². The summed E-state index contributed by atoms with van der Waals surface area (Å²) in [6.07, 6.45) is 1.43. The van der Waals surface area contributed by atoms with Crippen molar-refractivity contribution in [3.05, 3.63) is 35.9 Å². The molecule has 0 bridgehead atoms. The van der Waals surface area contributed by atoms with Gasteiger partial charge in [-0.2, -0.15) is 0 Å². The Morgan fingerprint density at radius 3 is 2.44 bits per heavy atom. The van der Waals surface area contributed by atoms with E-state index in [1.54, 1.807) is 6.21 Å². The maximum atomic E-state index is 11.3. The summed E-state index contributed by atoms with van der Waals surface area (Å²) in [5.41, 5.74) is 6.21. The monoisotopic (exact) mass is 250 g/mol. The first-order chi connectivity index (χ1) is 8.67. The number of rotatable bonds is 7. The zero-order valence-corrected chi connectivity index (χ0v) is 10.6. The number of carbonyl (C=O) groups is 1. The number of aliphatic imine (C=N–C) groups is 1. The van der Waals surface area contributed by atoms with Gasteiger partial charge in [-0.25, -0.2) is 0 Å². The fraction of sp³-hybridized carbons (Fsp3) is 0.385. The van der Waals surface area contributed by atoms with Crippen molar-refractivity contribution < 1.29 is 14.3 Å². The molecule has 5 heteroatoms. The molecule has 98 valence electrons. The second-order valence-electron chi connectivity index (χ2n) is 3.74. The van der Waals surface area contributed by atoms with Crippen molar-refractivity contribution in [3.8, 4) is 0 Å². The molecule has 1 atom stereocenters. The van der Waals surface area contributed by atoms with Gasteiger partial charge in [-0.05, 0) is 5.56 Å². The molecule has 0 aromatic heterocycles. The summed E-state index contributed by atoms with van der Waals surface area (Å²) in [6.45, 7) is 0. The molecule has 1 unspecified atom stereocenters. The highest BCUT2D eigenvalue weighted by Gasteiger charge is 2.19. The molecule has 0 spiro atoms. The zero-order chi connectivity index (χ0) is 13.4. The molecule has 0 aliphatic rings. The summed E-state index contributed by atoms with van der Waals surface area (Å²) < 4.78 is 10.1. The SMILES string of the molecule is COC(CC(N=Cc1ccccc1)C(N)=O)OC. The van der Waals surface area contributed by atoms with Gasteiger partial charge in [0.05, 0.1) is 0 Å². The first-order valence-corrected chi connectivity index (χ1v) is 5.60. The highest BCUT2D eigenvalue weighted by Crippen LogP contribution is 2.07. The Morgan fingerprint density at radius 1 is 1.33 bits per heavy atom. The second-order valence-corrected chi connectivity index (χ2v) is 3.74. The number of carbonyl (C=O) groups excluding carboxylic acids is 1. The van der Waals surface area contributed by atoms with Crippen LogP contribution in [-0.4, -0.2) is 38.7 Å². The minimum atomic E-state index is -0.657. The Hall–Kier alpha value is -1.72. The van der Waals surface area contributed by atoms with Crippen LogP contribution in [0.25, 0.3) is 0 Å². The van der Waals surface area contributed by atoms with Crippen molar-refractivity contribution in [2.75, 3.05) is 14.2 Å². The molecule has 0 aliphatic carbocycles. The number of hydrogen-bond donors (Lipinski definition) is 1. The summed E-state index contributed by atoms with van der Waals surface area (Å²) >= 11 is 0. The van der Waals surface area contributed by atoms with Crippen molar-refractivity contribution in [1.29, 1.82) is 0 Å². The van der Waals surface area contributed by atoms with Crippen molar-refractivity contribution in [1.82, 2.24) is 0 Å². The summed E-state index contributed by atoms with van der Waals surface area (Å²) in [4.78, 5) is 15.5. The second kappa shape index (κ2) is 7.58. The van der Waals surface area contributed by atoms with Gasteiger partial charge in [-0.3, -0.25) is 9.79 Å². The minimum Gasteiger partial charge on any atom is -0.368 e. The molecule has 0 saturated heterocycles. The molecule has 0 radical (unpaired) electrons. The van der Waals surface area contributed by atoms with Gasteiger partial charge in [-0.1, -0.05) is 30.3 Å². The van der Waals surface area contributed by atoms with E-state index >= 15 is 0 Å². The van der Waals surface area contributed by atoms with Crippen LogP contribution >= 0.6 is 0 Å². The van der Waals surface area contributed by atoms with Gasteiger partial charge in [0, 0.05) is 26.9 Å². The predicted molar refractivity (Wildman–Crippen MR) is 69.4 cm³/mol. The van der Waals surface area contributed by atoms with E-state index < -0.39 is 18.2 Å². The Balaban J connectivity index is 2.69. The van der Waals surface area contributed by atoms with Crippen LogP contribution in [0.5, 0.6) is 0 Å². The molecular formula is C13H18N2O3. The van der Waals surface area contributed by atoms with Gasteiger partial charge in [0.15, 0.2) is 6.29 Å². The smallest absolute Gasteiger partial charge is 0.242 e. The van der Waals surface area contributed by atoms with E-state index in [-0.39, 0.29) is 0 Å². The fourth-order valence-electron chi connectivity index (χ4n) is 1.44. The molecule has 18 heavy (non-hydrogen) atoms. The normalized spacial score (nSPS) is 13.1. The molecule has 1 aromatic carbocycles. The van der Waals surface area contributed by atoms with E-state index in [2.05, 4.69) is 4.99 Å². The van der Waals surface area contributed by atoms with Gasteiger partial charge in [0.1, 0.15) is 6.04 Å². The highest BCUT2D eigenvalue weighted by atomic mass is 16.7. The van der Waals surface area contributed by atoms with Crippen LogP contribution in [0.4, 0.5) is 0 Å². The lowest BCUT2D eigenvalue weighted by molar-refractivity contribution is -0.128. The first kappa shape index (κ1) is 14.3. The van der Waals surface area contributed by atoms with Crippen LogP contribution in [0, 0.1) is 0 Å². The lowest BCUT2D eigenvalue weighted by atomic mass is 10.2. The van der Waals surface area contributed by atoms with Crippen LogP contribution < -0.4 is 5.73 Å². The van der Waals surface area contributed by atoms with Crippen LogP contribution in [0.3, 0.4) is 0 Å². The van der Waals surface area contributed by atoms with E-state index in [0.717, 1.165) is 5.56 Å². The van der Waals surface area contributed by atoms with Crippen molar-refractivity contribution in [3.63, 3.8) is 0 Å². The Labute approximate surface area is 107 Å². The largest absolute Gasteiger partial charge is 0.368 e. The maximum absolute atomic E-state index is 11.3. The summed E-state index contributed by atoms with van der Waals surface area (Å²) in [7, 11) is 3.01. The topological polar surface area (TPSA) is 73.9 Å². The number of nitrogens with two attached hydrogens (primary N) is 1. The zero-order valence-electron chi connectivity index (χ0n) is 10.6. The number of methoxy groups -OCH3 is 2. The third-order valence-corrected chi connectivity index (χ3v) is 2.47. The van der Waals surface area contributed by atoms with Gasteiger partial charge in [-0.15, -0.1) is 0 Å². The molecule has 1 aromatic rings. The lowest BCUT2D eigenvalue weighted by Crippen LogP contribution is -2.32. The number of primary amides is 1. The Morgan fingerprint density at radius 2 is 1.94 bits per heavy atom. The molecule has 0 heterocycles. The van der Waals surface area contributed by atoms with Gasteiger partial charge in [0.25, 0.3) is 0 Å². The van der Waals surface area contributed by atoms with Crippen LogP contribution in [0.2, 0.25) is 0 Å². The standard InChI is InChI=1S/C13H18N2O3/c1-17-12(18-2)8-11(13(14)16)15-9-10-6-4-3-5-7-10/h3-7,9,11-12H,8H2,1-2H3,(H2,14,16). The van der Waals surface area contributed by atoms with Crippen molar-refractivity contribution in [2.24, 2.45) is 10.7 Å². The van der Waals surface area contributed by atoms with Gasteiger partial charge >= 0.3 is 0 Å². The number of amides is 1. The average Bonchev–Trinajstić information content (AvgIpc) is 2.40. The van der Waals surface area contributed by atoms with Crippen LogP contribution in [0.1, 0.15) is 12.0 Å². The number of ether oxygens (including phenoxy) is 2. The summed E-state index contributed by atoms with van der Waals surface area (Å²) in [5.74, 6) is -0.499. The third kappa shape index (κ3) is 4.65. The number of nitrogens with zero attached hydrogens (tertiary/aromatic N) is 1. The quantitative estimate of drug-likeness (QED) is 0.578. The molecule has 2 N–H and O–H groups in total. The van der Waals surface area contributed by atoms with E-state index in [1.165, 1.54) is 14.2 Å². The molecule has 5 nitrogen and oxygen atoms in total. The molecular weight excluding hydrogens is 232 g/mol. The number of hydrogen-bond acceptors (Lipinski definition) is 4. The maximum Gasteiger partial charge on any atom is 0.242 e. The van der Waals surface area contributed by atoms with E-state index in [4.69, 9.17) is 15.2 Å². The minimum absolute atomic E-state index is 0.297. The summed E-state index contributed by atoms with van der Waals surface area (Å²) in [5, 5.41) is 0. The third-order valence-electron chi connectivity index (χ3n) is 2.47. The molecule has 1 amide bonds. The molecule has 1 rings (SSSR count). The van der Waals surface area contributed by atoms with E-state index in [1.807, 2.05) is 30.3 Å². The Bertz CT molecular complexity index is 388. The predicted octanol–water partition coefficient (Wildman–Crippen LogP) is 0.968.